The molecule has 2 aliphatic carbocycles. The topological polar surface area (TPSA) is 107 Å². The summed E-state index contributed by atoms with van der Waals surface area (Å²) in [4.78, 5) is 18.0. The van der Waals surface area contributed by atoms with E-state index in [1.807, 2.05) is 12.1 Å². The van der Waals surface area contributed by atoms with Gasteiger partial charge in [0.25, 0.3) is 15.9 Å². The molecule has 1 spiro atoms. The first-order valence-corrected chi connectivity index (χ1v) is 19.9. The number of nitrogens with zero attached hydrogens (tertiary/aromatic N) is 2. The number of methoxy groups -OCH3 is 1. The maximum atomic E-state index is 13.7. The highest BCUT2D eigenvalue weighted by Gasteiger charge is 2.45. The van der Waals surface area contributed by atoms with Gasteiger partial charge in [-0.05, 0) is 106 Å². The molecule has 3 heterocycles. The molecule has 12 heteroatoms. The lowest BCUT2D eigenvalue weighted by Gasteiger charge is -2.46. The number of sulfonamides is 1. The number of hydrogen-bond donors (Lipinski definition) is 1. The Hall–Kier alpha value is -2.67. The van der Waals surface area contributed by atoms with Gasteiger partial charge >= 0.3 is 0 Å². The van der Waals surface area contributed by atoms with E-state index in [9.17, 15) is 13.2 Å². The molecule has 0 radical (unpaired) electrons. The highest BCUT2D eigenvalue weighted by Crippen LogP contribution is 2.47. The van der Waals surface area contributed by atoms with Crippen LogP contribution in [0.2, 0.25) is 5.02 Å². The van der Waals surface area contributed by atoms with E-state index < -0.39 is 21.5 Å². The van der Waals surface area contributed by atoms with Crippen LogP contribution in [0.1, 0.15) is 57.1 Å². The van der Waals surface area contributed by atoms with E-state index >= 15 is 0 Å². The second kappa shape index (κ2) is 14.4. The van der Waals surface area contributed by atoms with E-state index in [4.69, 9.17) is 30.5 Å². The van der Waals surface area contributed by atoms with Gasteiger partial charge in [0.1, 0.15) is 11.4 Å². The molecular weight excluding hydrogens is 678 g/mol. The van der Waals surface area contributed by atoms with Crippen LogP contribution >= 0.6 is 11.6 Å². The molecule has 0 aromatic heterocycles. The fourth-order valence-electron chi connectivity index (χ4n) is 8.45. The fraction of sp³-hybridized carbons (Fsp3) is 0.605. The average molecular weight is 728 g/mol. The van der Waals surface area contributed by atoms with Gasteiger partial charge in [-0.1, -0.05) is 29.8 Å². The third-order valence-electron chi connectivity index (χ3n) is 11.6. The Bertz CT molecular complexity index is 1720. The molecule has 2 aromatic rings. The Morgan fingerprint density at radius 3 is 2.74 bits per heavy atom. The molecule has 2 aromatic carbocycles. The summed E-state index contributed by atoms with van der Waals surface area (Å²) in [5.41, 5.74) is 1.54. The average Bonchev–Trinajstić information content (AvgIpc) is 3.48. The molecule has 1 amide bonds. The molecule has 1 N–H and O–H groups in total. The van der Waals surface area contributed by atoms with Crippen LogP contribution < -0.4 is 14.4 Å². The minimum absolute atomic E-state index is 0.0109. The molecule has 1 saturated heterocycles. The van der Waals surface area contributed by atoms with E-state index in [1.165, 1.54) is 17.2 Å². The molecule has 50 heavy (non-hydrogen) atoms. The number of nitrogens with one attached hydrogen (secondary N) is 1. The molecule has 1 saturated carbocycles. The Labute approximate surface area is 301 Å². The van der Waals surface area contributed by atoms with Crippen LogP contribution in [-0.2, 0) is 40.9 Å². The molecule has 5 aliphatic rings. The lowest BCUT2D eigenvalue weighted by atomic mass is 9.68. The largest absolute Gasteiger partial charge is 0.490 e. The van der Waals surface area contributed by atoms with Gasteiger partial charge in [0.15, 0.2) is 0 Å². The second-order valence-electron chi connectivity index (χ2n) is 15.2. The minimum Gasteiger partial charge on any atom is -0.490 e. The SMILES string of the molecule is CO[C@@H]1CCN(CCO[C@H]2/C=C/COC(C)(C)C(=O)NS(=O)(=O)c3ccc4c(c3)N(C[C@@H]3CC[C@H]32)C[C@@]2(CCCc3cc(Cl)ccc32)CO4)C1. The van der Waals surface area contributed by atoms with Crippen molar-refractivity contribution >= 4 is 33.2 Å². The number of carbonyl (C=O) groups is 1. The van der Waals surface area contributed by atoms with Crippen molar-refractivity contribution in [1.29, 1.82) is 0 Å². The van der Waals surface area contributed by atoms with E-state index in [-0.39, 0.29) is 35.0 Å². The maximum Gasteiger partial charge on any atom is 0.265 e. The summed E-state index contributed by atoms with van der Waals surface area (Å²) in [5, 5.41) is 0.730. The quantitative estimate of drug-likeness (QED) is 0.421. The molecule has 10 nitrogen and oxygen atoms in total. The summed E-state index contributed by atoms with van der Waals surface area (Å²) < 4.78 is 54.3. The first-order valence-electron chi connectivity index (χ1n) is 18.0. The zero-order valence-electron chi connectivity index (χ0n) is 29.4. The standard InChI is InChI=1S/C38H50ClN3O7S/c1-37(2)36(43)40-50(44,45)30-10-13-35-33(21-30)42(24-38(25-48-35)15-4-6-26-20-28(39)9-12-32(26)38)22-27-8-11-31(27)34(7-5-18-49-37)47-19-17-41-16-14-29(23-41)46-3/h5,7,9-10,12-13,20-21,27,29,31,34H,4,6,8,11,14-19,22-25H2,1-3H3,(H,40,43)/b7-5+/t27-,29+,31+,34-,38-/m0/s1. The first kappa shape index (κ1) is 35.7. The number of rotatable bonds is 5. The first-order chi connectivity index (χ1) is 24.0. The number of fused-ring (bicyclic) bond motifs is 4. The molecule has 0 unspecified atom stereocenters. The Balaban J connectivity index is 1.23. The lowest BCUT2D eigenvalue weighted by Crippen LogP contribution is -2.50. The van der Waals surface area contributed by atoms with Gasteiger partial charge < -0.3 is 23.8 Å². The normalized spacial score (nSPS) is 31.4. The van der Waals surface area contributed by atoms with Gasteiger partial charge in [-0.2, -0.15) is 0 Å². The summed E-state index contributed by atoms with van der Waals surface area (Å²) in [5.74, 6) is 0.496. The maximum absolute atomic E-state index is 13.7. The third kappa shape index (κ3) is 7.32. The molecule has 2 bridgehead atoms. The molecule has 7 rings (SSSR count). The number of likely N-dealkylation sites (tertiary alicyclic amines) is 1. The van der Waals surface area contributed by atoms with Gasteiger partial charge in [-0.15, -0.1) is 0 Å². The summed E-state index contributed by atoms with van der Waals surface area (Å²) >= 11 is 6.46. The van der Waals surface area contributed by atoms with E-state index in [0.717, 1.165) is 75.4 Å². The van der Waals surface area contributed by atoms with Crippen LogP contribution in [0.3, 0.4) is 0 Å². The van der Waals surface area contributed by atoms with Crippen LogP contribution in [0, 0.1) is 11.8 Å². The Morgan fingerprint density at radius 1 is 1.10 bits per heavy atom. The number of anilines is 1. The van der Waals surface area contributed by atoms with Crippen molar-refractivity contribution in [2.75, 3.05) is 64.6 Å². The molecule has 5 atom stereocenters. The van der Waals surface area contributed by atoms with Crippen molar-refractivity contribution < 1.29 is 32.2 Å². The predicted octanol–water partition coefficient (Wildman–Crippen LogP) is 5.12. The summed E-state index contributed by atoms with van der Waals surface area (Å²) in [6.07, 6.45) is 10.2. The summed E-state index contributed by atoms with van der Waals surface area (Å²) in [6.45, 7) is 8.54. The minimum atomic E-state index is -4.20. The van der Waals surface area contributed by atoms with Crippen molar-refractivity contribution in [1.82, 2.24) is 9.62 Å². The zero-order chi connectivity index (χ0) is 35.1. The van der Waals surface area contributed by atoms with Crippen molar-refractivity contribution in [3.63, 3.8) is 0 Å². The van der Waals surface area contributed by atoms with E-state index in [0.29, 0.717) is 31.4 Å². The number of aryl methyl sites for hydroxylation is 1. The van der Waals surface area contributed by atoms with Gasteiger partial charge in [0.2, 0.25) is 0 Å². The van der Waals surface area contributed by atoms with Crippen LogP contribution in [0.25, 0.3) is 0 Å². The van der Waals surface area contributed by atoms with Crippen molar-refractivity contribution in [2.24, 2.45) is 11.8 Å². The predicted molar refractivity (Wildman–Crippen MR) is 193 cm³/mol. The number of benzene rings is 2. The second-order valence-corrected chi connectivity index (χ2v) is 17.3. The van der Waals surface area contributed by atoms with Crippen molar-refractivity contribution in [3.8, 4) is 5.75 Å². The highest BCUT2D eigenvalue weighted by atomic mass is 35.5. The van der Waals surface area contributed by atoms with Crippen LogP contribution in [-0.4, -0.2) is 96.7 Å². The smallest absolute Gasteiger partial charge is 0.265 e. The number of carbonyl (C=O) groups excluding carboxylic acids is 1. The van der Waals surface area contributed by atoms with Gasteiger partial charge in [0, 0.05) is 50.3 Å². The zero-order valence-corrected chi connectivity index (χ0v) is 30.9. The highest BCUT2D eigenvalue weighted by molar-refractivity contribution is 7.90. The van der Waals surface area contributed by atoms with Crippen LogP contribution in [0.15, 0.2) is 53.4 Å². The van der Waals surface area contributed by atoms with Crippen molar-refractivity contribution in [3.05, 3.63) is 64.7 Å². The monoisotopic (exact) mass is 727 g/mol. The van der Waals surface area contributed by atoms with E-state index in [1.54, 1.807) is 33.1 Å². The van der Waals surface area contributed by atoms with Gasteiger partial charge in [0.05, 0.1) is 42.6 Å². The van der Waals surface area contributed by atoms with Gasteiger partial charge in [-0.3, -0.25) is 9.69 Å². The summed E-state index contributed by atoms with van der Waals surface area (Å²) in [6, 6.07) is 11.1. The molecular formula is C38H50ClN3O7S. The number of amides is 1. The van der Waals surface area contributed by atoms with Gasteiger partial charge in [-0.25, -0.2) is 13.1 Å². The molecule has 3 aliphatic heterocycles. The van der Waals surface area contributed by atoms with Crippen molar-refractivity contribution in [2.45, 2.75) is 80.5 Å². The van der Waals surface area contributed by atoms with Crippen LogP contribution in [0.5, 0.6) is 5.75 Å². The van der Waals surface area contributed by atoms with E-state index in [2.05, 4.69) is 32.7 Å². The molecule has 272 valence electrons. The fourth-order valence-corrected chi connectivity index (χ4v) is 9.76. The lowest BCUT2D eigenvalue weighted by molar-refractivity contribution is -0.139. The van der Waals surface area contributed by atoms with Crippen LogP contribution in [0.4, 0.5) is 5.69 Å². The molecule has 2 fully saturated rings. The summed E-state index contributed by atoms with van der Waals surface area (Å²) in [7, 11) is -2.42. The Kier molecular flexibility index (Phi) is 10.3. The Morgan fingerprint density at radius 2 is 1.96 bits per heavy atom. The number of halogens is 1. The number of hydrogen-bond acceptors (Lipinski definition) is 9. The third-order valence-corrected chi connectivity index (χ3v) is 13.2. The number of ether oxygens (including phenoxy) is 4.